The summed E-state index contributed by atoms with van der Waals surface area (Å²) in [5.74, 6) is 0. The fourth-order valence-electron chi connectivity index (χ4n) is 20.1. The molecule has 0 N–H and O–H groups in total. The Morgan fingerprint density at radius 3 is 0.830 bits per heavy atom. The Balaban J connectivity index is 0.965. The molecule has 0 saturated heterocycles. The first-order chi connectivity index (χ1) is 42.6. The van der Waals surface area contributed by atoms with Gasteiger partial charge >= 0.3 is 0 Å². The van der Waals surface area contributed by atoms with Crippen LogP contribution >= 0.6 is 0 Å². The van der Waals surface area contributed by atoms with Crippen molar-refractivity contribution in [2.24, 2.45) is 0 Å². The third kappa shape index (κ3) is 7.03. The molecule has 0 spiro atoms. The van der Waals surface area contributed by atoms with E-state index in [9.17, 15) is 0 Å². The number of rotatable bonds is 7. The van der Waals surface area contributed by atoms with Crippen LogP contribution in [-0.2, 0) is 16.2 Å². The highest BCUT2D eigenvalue weighted by molar-refractivity contribution is 6.32. The van der Waals surface area contributed by atoms with E-state index in [1.807, 2.05) is 0 Å². The zero-order chi connectivity index (χ0) is 59.9. The lowest BCUT2D eigenvalue weighted by atomic mass is 9.61. The van der Waals surface area contributed by atoms with Crippen LogP contribution in [-0.4, -0.2) is 16.6 Å². The fraction of sp³-hybridized carbons (Fsp3) is 0.318. The number of hydrogen-bond donors (Lipinski definition) is 0. The minimum absolute atomic E-state index is 0.0243. The molecule has 0 radical (unpaired) electrons. The molecule has 6 aliphatic rings. The highest BCUT2D eigenvalue weighted by atomic mass is 15.3. The first-order valence-corrected chi connectivity index (χ1v) is 33.5. The summed E-state index contributed by atoms with van der Waals surface area (Å²) in [4.78, 5) is 8.29. The minimum atomic E-state index is -0.0571. The maximum atomic E-state index is 2.77. The summed E-state index contributed by atoms with van der Waals surface area (Å²) in [7, 11) is 0. The van der Waals surface area contributed by atoms with Gasteiger partial charge in [-0.2, -0.15) is 0 Å². The molecular weight excluding hydrogens is 1060 g/mol. The van der Waals surface area contributed by atoms with Crippen molar-refractivity contribution in [3.05, 3.63) is 228 Å². The number of fused-ring (bicyclic) bond motifs is 9. The summed E-state index contributed by atoms with van der Waals surface area (Å²) >= 11 is 0. The predicted octanol–water partition coefficient (Wildman–Crippen LogP) is 23.4. The zero-order valence-electron chi connectivity index (χ0n) is 53.3. The van der Waals surface area contributed by atoms with Gasteiger partial charge in [0.05, 0.1) is 16.6 Å². The Labute approximate surface area is 522 Å². The molecule has 17 rings (SSSR count). The second-order valence-corrected chi connectivity index (χ2v) is 29.4. The van der Waals surface area contributed by atoms with Crippen LogP contribution < -0.4 is 14.7 Å². The van der Waals surface area contributed by atoms with E-state index in [-0.39, 0.29) is 32.9 Å². The monoisotopic (exact) mass is 1150 g/mol. The Hall–Kier alpha value is -8.14. The number of nitrogens with zero attached hydrogens (tertiary/aromatic N) is 3. The van der Waals surface area contributed by atoms with E-state index < -0.39 is 0 Å². The highest BCUT2D eigenvalue weighted by Gasteiger charge is 2.61. The SMILES string of the molecule is Cc1cc(-c2cc(-c3ccccc3)c3ccc4c(-c5cc(C)c6c(c5)C5(C)CCCCC5(C)N6c5ccccc5)cc(-c5cc(C)c6c(c5)C5(C)CCCCC5(C)N6c5ccccc5)c5ccc2c3c45)cc2c1N(c1ccccc1)C1(C)CCCCC21C. The van der Waals surface area contributed by atoms with Gasteiger partial charge in [-0.3, -0.25) is 0 Å². The van der Waals surface area contributed by atoms with E-state index in [0.717, 1.165) is 0 Å². The van der Waals surface area contributed by atoms with Gasteiger partial charge in [-0.1, -0.05) is 168 Å². The number of hydrogen-bond acceptors (Lipinski definition) is 3. The van der Waals surface area contributed by atoms with Gasteiger partial charge in [0.25, 0.3) is 0 Å². The van der Waals surface area contributed by atoms with Gasteiger partial charge in [-0.05, 0) is 275 Å². The molecule has 0 aromatic heterocycles. The molecule has 11 aromatic rings. The standard InChI is InChI=1S/C85H83N3/c1-54-46-58(49-72-77(54)86(61-30-16-11-17-31-61)83(7)43-25-22-40-80(72,83)4)69-52-68(57-28-14-10-15-29-57)64-36-37-66-70(59-47-55(2)78-73(50-59)81(5)41-23-26-44-84(81,8)87(78)62-32-18-12-19-33-62)53-71(67-39-38-65(69)75(64)76(66)67)60-48-56(3)79-74(51-60)82(6)42-24-27-45-85(82,9)88(79)63-34-20-13-21-35-63/h10-21,28-39,46-53H,22-27,40-45H2,1-9H3. The lowest BCUT2D eigenvalue weighted by molar-refractivity contribution is 0.195. The van der Waals surface area contributed by atoms with E-state index in [4.69, 9.17) is 0 Å². The van der Waals surface area contributed by atoms with Crippen molar-refractivity contribution in [2.45, 2.75) is 172 Å². The molecule has 3 fully saturated rings. The first kappa shape index (κ1) is 54.0. The second kappa shape index (κ2) is 18.9. The average molecular weight is 1150 g/mol. The van der Waals surface area contributed by atoms with Crippen LogP contribution in [0.25, 0.3) is 76.8 Å². The summed E-state index contributed by atoms with van der Waals surface area (Å²) in [6.07, 6.45) is 14.5. The predicted molar refractivity (Wildman–Crippen MR) is 375 cm³/mol. The van der Waals surface area contributed by atoms with Crippen LogP contribution in [0.15, 0.2) is 194 Å². The smallest absolute Gasteiger partial charge is 0.0518 e. The van der Waals surface area contributed by atoms with Crippen molar-refractivity contribution >= 4 is 66.4 Å². The molecule has 6 unspecified atom stereocenters. The van der Waals surface area contributed by atoms with E-state index in [1.54, 1.807) is 0 Å². The van der Waals surface area contributed by atoms with Gasteiger partial charge in [0, 0.05) is 50.4 Å². The highest BCUT2D eigenvalue weighted by Crippen LogP contribution is 2.66. The largest absolute Gasteiger partial charge is 0.334 e. The van der Waals surface area contributed by atoms with Gasteiger partial charge in [-0.25, -0.2) is 0 Å². The summed E-state index contributed by atoms with van der Waals surface area (Å²) in [5, 5.41) is 8.04. The van der Waals surface area contributed by atoms with Gasteiger partial charge in [0.2, 0.25) is 0 Å². The van der Waals surface area contributed by atoms with Crippen LogP contribution in [0.5, 0.6) is 0 Å². The maximum Gasteiger partial charge on any atom is 0.0518 e. The third-order valence-corrected chi connectivity index (χ3v) is 25.1. The number of para-hydroxylation sites is 3. The molecule has 438 valence electrons. The van der Waals surface area contributed by atoms with Crippen molar-refractivity contribution < 1.29 is 0 Å². The van der Waals surface area contributed by atoms with Crippen molar-refractivity contribution in [3.8, 4) is 44.5 Å². The Kier molecular flexibility index (Phi) is 11.6. The Morgan fingerprint density at radius 1 is 0.273 bits per heavy atom. The van der Waals surface area contributed by atoms with Crippen LogP contribution in [0.1, 0.15) is 152 Å². The van der Waals surface area contributed by atoms with Crippen LogP contribution in [0.2, 0.25) is 0 Å². The minimum Gasteiger partial charge on any atom is -0.334 e. The van der Waals surface area contributed by atoms with E-state index in [2.05, 4.69) is 271 Å². The van der Waals surface area contributed by atoms with Crippen LogP contribution in [0, 0.1) is 20.8 Å². The second-order valence-electron chi connectivity index (χ2n) is 29.4. The summed E-state index contributed by atoms with van der Waals surface area (Å²) in [6, 6.07) is 76.2. The van der Waals surface area contributed by atoms with Crippen LogP contribution in [0.3, 0.4) is 0 Å². The molecule has 3 nitrogen and oxygen atoms in total. The molecule has 3 heteroatoms. The van der Waals surface area contributed by atoms with Gasteiger partial charge in [-0.15, -0.1) is 0 Å². The third-order valence-electron chi connectivity index (χ3n) is 25.1. The number of anilines is 6. The normalized spacial score (nSPS) is 26.1. The molecule has 88 heavy (non-hydrogen) atoms. The Bertz CT molecular complexity index is 4510. The molecule has 0 amide bonds. The molecule has 6 atom stereocenters. The van der Waals surface area contributed by atoms with Crippen molar-refractivity contribution in [1.29, 1.82) is 0 Å². The lowest BCUT2D eigenvalue weighted by Crippen LogP contribution is -2.54. The van der Waals surface area contributed by atoms with E-state index in [1.165, 1.54) is 221 Å². The van der Waals surface area contributed by atoms with Gasteiger partial charge in [0.15, 0.2) is 0 Å². The average Bonchev–Trinajstić information content (AvgIpc) is 1.46. The zero-order valence-corrected chi connectivity index (χ0v) is 53.3. The lowest BCUT2D eigenvalue weighted by Gasteiger charge is -2.50. The van der Waals surface area contributed by atoms with Crippen LogP contribution in [0.4, 0.5) is 34.1 Å². The molecule has 3 saturated carbocycles. The quantitative estimate of drug-likeness (QED) is 0.147. The fourth-order valence-corrected chi connectivity index (χ4v) is 20.1. The van der Waals surface area contributed by atoms with E-state index >= 15 is 0 Å². The molecule has 11 aromatic carbocycles. The maximum absolute atomic E-state index is 2.77. The van der Waals surface area contributed by atoms with Crippen molar-refractivity contribution in [3.63, 3.8) is 0 Å². The number of aryl methyl sites for hydroxylation is 3. The number of benzene rings is 11. The first-order valence-electron chi connectivity index (χ1n) is 33.5. The topological polar surface area (TPSA) is 9.72 Å². The van der Waals surface area contributed by atoms with Crippen molar-refractivity contribution in [2.75, 3.05) is 14.7 Å². The van der Waals surface area contributed by atoms with Gasteiger partial charge in [0.1, 0.15) is 0 Å². The molecule has 3 heterocycles. The summed E-state index contributed by atoms with van der Waals surface area (Å²) < 4.78 is 0. The molecular formula is C85H83N3. The van der Waals surface area contributed by atoms with Gasteiger partial charge < -0.3 is 14.7 Å². The summed E-state index contributed by atoms with van der Waals surface area (Å²) in [6.45, 7) is 22.8. The molecule has 0 bridgehead atoms. The molecule has 3 aliphatic heterocycles. The van der Waals surface area contributed by atoms with E-state index in [0.29, 0.717) is 0 Å². The molecule has 3 aliphatic carbocycles. The van der Waals surface area contributed by atoms with Crippen molar-refractivity contribution in [1.82, 2.24) is 0 Å². The Morgan fingerprint density at radius 2 is 0.534 bits per heavy atom. The summed E-state index contributed by atoms with van der Waals surface area (Å²) in [5.41, 5.74) is 26.9.